The van der Waals surface area contributed by atoms with E-state index in [-0.39, 0.29) is 24.0 Å². The van der Waals surface area contributed by atoms with Crippen LogP contribution in [-0.2, 0) is 14.3 Å². The van der Waals surface area contributed by atoms with Gasteiger partial charge in [-0.3, -0.25) is 9.59 Å². The monoisotopic (exact) mass is 269 g/mol. The van der Waals surface area contributed by atoms with Crippen molar-refractivity contribution in [3.8, 4) is 0 Å². The zero-order chi connectivity index (χ0) is 13.8. The second-order valence-corrected chi connectivity index (χ2v) is 5.68. The SMILES string of the molecule is CC(NC(=O)C1CCCCC1C(=O)O)C1CCCO1. The van der Waals surface area contributed by atoms with E-state index in [1.807, 2.05) is 6.92 Å². The molecule has 19 heavy (non-hydrogen) atoms. The predicted molar refractivity (Wildman–Crippen MR) is 69.7 cm³/mol. The first-order chi connectivity index (χ1) is 9.09. The molecule has 0 radical (unpaired) electrons. The number of carboxylic acid groups (broad SMARTS) is 1. The Kier molecular flexibility index (Phi) is 4.80. The Balaban J connectivity index is 1.91. The molecule has 108 valence electrons. The number of carbonyl (C=O) groups excluding carboxylic acids is 1. The summed E-state index contributed by atoms with van der Waals surface area (Å²) in [4.78, 5) is 23.5. The minimum Gasteiger partial charge on any atom is -0.481 e. The van der Waals surface area contributed by atoms with Crippen molar-refractivity contribution < 1.29 is 19.4 Å². The molecule has 0 aromatic heterocycles. The molecule has 2 aliphatic rings. The molecule has 5 heteroatoms. The molecular formula is C14H23NO4. The average molecular weight is 269 g/mol. The van der Waals surface area contributed by atoms with Crippen LogP contribution in [-0.4, -0.2) is 35.7 Å². The molecule has 1 saturated heterocycles. The van der Waals surface area contributed by atoms with Crippen molar-refractivity contribution in [3.05, 3.63) is 0 Å². The number of carboxylic acids is 1. The Morgan fingerprint density at radius 3 is 2.42 bits per heavy atom. The van der Waals surface area contributed by atoms with Crippen LogP contribution in [0.15, 0.2) is 0 Å². The second kappa shape index (κ2) is 6.37. The fraction of sp³-hybridized carbons (Fsp3) is 0.857. The molecule has 2 rings (SSSR count). The van der Waals surface area contributed by atoms with Crippen molar-refractivity contribution in [3.63, 3.8) is 0 Å². The lowest BCUT2D eigenvalue weighted by atomic mass is 9.78. The van der Waals surface area contributed by atoms with Gasteiger partial charge in [-0.05, 0) is 32.6 Å². The molecule has 0 aromatic carbocycles. The molecule has 5 nitrogen and oxygen atoms in total. The van der Waals surface area contributed by atoms with E-state index in [9.17, 15) is 14.7 Å². The first-order valence-corrected chi connectivity index (χ1v) is 7.24. The predicted octanol–water partition coefficient (Wildman–Crippen LogP) is 1.56. The minimum atomic E-state index is -0.843. The van der Waals surface area contributed by atoms with Gasteiger partial charge in [0.2, 0.25) is 5.91 Å². The maximum Gasteiger partial charge on any atom is 0.307 e. The first kappa shape index (κ1) is 14.3. The molecule has 1 aliphatic carbocycles. The van der Waals surface area contributed by atoms with Crippen LogP contribution in [0.5, 0.6) is 0 Å². The maximum atomic E-state index is 12.3. The Labute approximate surface area is 113 Å². The van der Waals surface area contributed by atoms with Crippen LogP contribution in [0.1, 0.15) is 45.4 Å². The lowest BCUT2D eigenvalue weighted by molar-refractivity contribution is -0.149. The minimum absolute atomic E-state index is 0.0358. The number of hydrogen-bond acceptors (Lipinski definition) is 3. The highest BCUT2D eigenvalue weighted by molar-refractivity contribution is 5.85. The van der Waals surface area contributed by atoms with E-state index in [0.717, 1.165) is 32.3 Å². The van der Waals surface area contributed by atoms with Crippen LogP contribution in [0.3, 0.4) is 0 Å². The molecule has 0 aromatic rings. The van der Waals surface area contributed by atoms with E-state index >= 15 is 0 Å². The maximum absolute atomic E-state index is 12.3. The van der Waals surface area contributed by atoms with Crippen molar-refractivity contribution in [1.29, 1.82) is 0 Å². The van der Waals surface area contributed by atoms with E-state index in [1.165, 1.54) is 0 Å². The number of rotatable bonds is 4. The van der Waals surface area contributed by atoms with Crippen LogP contribution < -0.4 is 5.32 Å². The molecule has 1 saturated carbocycles. The standard InChI is InChI=1S/C14H23NO4/c1-9(12-7-4-8-19-12)15-13(16)10-5-2-3-6-11(10)14(17)18/h9-12H,2-8H2,1H3,(H,15,16)(H,17,18). The topological polar surface area (TPSA) is 75.6 Å². The largest absolute Gasteiger partial charge is 0.481 e. The number of amides is 1. The summed E-state index contributed by atoms with van der Waals surface area (Å²) in [5, 5.41) is 12.1. The Hall–Kier alpha value is -1.10. The van der Waals surface area contributed by atoms with Crippen molar-refractivity contribution >= 4 is 11.9 Å². The third kappa shape index (κ3) is 3.47. The normalized spacial score (nSPS) is 32.8. The summed E-state index contributed by atoms with van der Waals surface area (Å²) < 4.78 is 5.55. The number of nitrogens with one attached hydrogen (secondary N) is 1. The van der Waals surface area contributed by atoms with Gasteiger partial charge in [0.25, 0.3) is 0 Å². The third-order valence-electron chi connectivity index (χ3n) is 4.31. The van der Waals surface area contributed by atoms with E-state index < -0.39 is 11.9 Å². The Morgan fingerprint density at radius 2 is 1.84 bits per heavy atom. The summed E-state index contributed by atoms with van der Waals surface area (Å²) in [5.41, 5.74) is 0. The summed E-state index contributed by atoms with van der Waals surface area (Å²) in [5.74, 6) is -1.86. The summed E-state index contributed by atoms with van der Waals surface area (Å²) in [6, 6.07) is -0.0358. The number of hydrogen-bond donors (Lipinski definition) is 2. The van der Waals surface area contributed by atoms with Gasteiger partial charge in [0, 0.05) is 6.61 Å². The smallest absolute Gasteiger partial charge is 0.307 e. The molecule has 2 N–H and O–H groups in total. The Bertz CT molecular complexity index is 338. The molecule has 0 bridgehead atoms. The fourth-order valence-electron chi connectivity index (χ4n) is 3.16. The molecule has 1 amide bonds. The van der Waals surface area contributed by atoms with Gasteiger partial charge < -0.3 is 15.2 Å². The van der Waals surface area contributed by atoms with Gasteiger partial charge in [-0.2, -0.15) is 0 Å². The first-order valence-electron chi connectivity index (χ1n) is 7.24. The van der Waals surface area contributed by atoms with Crippen LogP contribution >= 0.6 is 0 Å². The molecule has 4 unspecified atom stereocenters. The highest BCUT2D eigenvalue weighted by Gasteiger charge is 2.36. The van der Waals surface area contributed by atoms with Crippen molar-refractivity contribution in [1.82, 2.24) is 5.32 Å². The van der Waals surface area contributed by atoms with Gasteiger partial charge in [-0.15, -0.1) is 0 Å². The van der Waals surface area contributed by atoms with Gasteiger partial charge in [0.05, 0.1) is 24.0 Å². The van der Waals surface area contributed by atoms with Crippen LogP contribution in [0, 0.1) is 11.8 Å². The highest BCUT2D eigenvalue weighted by atomic mass is 16.5. The lowest BCUT2D eigenvalue weighted by Gasteiger charge is -2.29. The average Bonchev–Trinajstić information content (AvgIpc) is 2.92. The zero-order valence-electron chi connectivity index (χ0n) is 11.4. The van der Waals surface area contributed by atoms with E-state index in [0.29, 0.717) is 12.8 Å². The third-order valence-corrected chi connectivity index (χ3v) is 4.31. The van der Waals surface area contributed by atoms with Gasteiger partial charge >= 0.3 is 5.97 Å². The zero-order valence-corrected chi connectivity index (χ0v) is 11.4. The van der Waals surface area contributed by atoms with E-state index in [4.69, 9.17) is 4.74 Å². The van der Waals surface area contributed by atoms with Crippen molar-refractivity contribution in [2.75, 3.05) is 6.61 Å². The summed E-state index contributed by atoms with van der Waals surface area (Å²) >= 11 is 0. The molecule has 1 aliphatic heterocycles. The molecule has 2 fully saturated rings. The van der Waals surface area contributed by atoms with Crippen molar-refractivity contribution in [2.45, 2.75) is 57.6 Å². The number of carbonyl (C=O) groups is 2. The fourth-order valence-corrected chi connectivity index (χ4v) is 3.16. The lowest BCUT2D eigenvalue weighted by Crippen LogP contribution is -2.47. The summed E-state index contributed by atoms with van der Waals surface area (Å²) in [6.07, 6.45) is 5.22. The van der Waals surface area contributed by atoms with Gasteiger partial charge in [-0.1, -0.05) is 12.8 Å². The van der Waals surface area contributed by atoms with Crippen LogP contribution in [0.25, 0.3) is 0 Å². The molecule has 4 atom stereocenters. The summed E-state index contributed by atoms with van der Waals surface area (Å²) in [7, 11) is 0. The molecule has 0 spiro atoms. The quantitative estimate of drug-likeness (QED) is 0.812. The highest BCUT2D eigenvalue weighted by Crippen LogP contribution is 2.30. The number of ether oxygens (including phenoxy) is 1. The van der Waals surface area contributed by atoms with Gasteiger partial charge in [0.15, 0.2) is 0 Å². The molecule has 1 heterocycles. The Morgan fingerprint density at radius 1 is 1.16 bits per heavy atom. The second-order valence-electron chi connectivity index (χ2n) is 5.68. The molecular weight excluding hydrogens is 246 g/mol. The van der Waals surface area contributed by atoms with Gasteiger partial charge in [0.1, 0.15) is 0 Å². The van der Waals surface area contributed by atoms with Crippen molar-refractivity contribution in [2.24, 2.45) is 11.8 Å². The van der Waals surface area contributed by atoms with Crippen LogP contribution in [0.2, 0.25) is 0 Å². The van der Waals surface area contributed by atoms with Gasteiger partial charge in [-0.25, -0.2) is 0 Å². The van der Waals surface area contributed by atoms with E-state index in [1.54, 1.807) is 0 Å². The van der Waals surface area contributed by atoms with E-state index in [2.05, 4.69) is 5.32 Å². The summed E-state index contributed by atoms with van der Waals surface area (Å²) in [6.45, 7) is 2.69. The van der Waals surface area contributed by atoms with Crippen LogP contribution in [0.4, 0.5) is 0 Å². The number of aliphatic carboxylic acids is 1.